The Morgan fingerprint density at radius 2 is 1.68 bits per heavy atom. The van der Waals surface area contributed by atoms with Gasteiger partial charge in [0.15, 0.2) is 0 Å². The van der Waals surface area contributed by atoms with Crippen LogP contribution in [-0.4, -0.2) is 26.0 Å². The maximum atomic E-state index is 12.5. The number of hydrogen-bond acceptors (Lipinski definition) is 6. The Morgan fingerprint density at radius 3 is 2.32 bits per heavy atom. The van der Waals surface area contributed by atoms with Gasteiger partial charge in [-0.2, -0.15) is 21.6 Å². The predicted octanol–water partition coefficient (Wildman–Crippen LogP) is 4.26. The molecule has 1 aliphatic rings. The number of carbonyl (C=O) groups is 1. The lowest BCUT2D eigenvalue weighted by molar-refractivity contribution is -0.145. The minimum atomic E-state index is -5.83. The highest BCUT2D eigenvalue weighted by molar-refractivity contribution is 7.87. The van der Waals surface area contributed by atoms with Crippen LogP contribution in [0.1, 0.15) is 24.0 Å². The first-order chi connectivity index (χ1) is 14.6. The van der Waals surface area contributed by atoms with Gasteiger partial charge in [0.2, 0.25) is 0 Å². The van der Waals surface area contributed by atoms with E-state index in [0.29, 0.717) is 24.9 Å². The quantitative estimate of drug-likeness (QED) is 0.336. The van der Waals surface area contributed by atoms with Crippen molar-refractivity contribution in [2.45, 2.75) is 37.5 Å². The normalized spacial score (nSPS) is 16.9. The molecule has 0 N–H and O–H groups in total. The number of ether oxygens (including phenoxy) is 2. The number of rotatable bonds is 8. The third kappa shape index (κ3) is 6.48. The van der Waals surface area contributed by atoms with Gasteiger partial charge in [-0.25, -0.2) is 4.79 Å². The number of alkyl halides is 3. The molecule has 10 heteroatoms. The SMILES string of the molecule is O=C1C=C(OS(=O)(=O)C(F)(F)F)C[C@H](CCc2ccc(OCc3ccccc3)cc2)O1. The number of aryl methyl sites for hydroxylation is 1. The fourth-order valence-corrected chi connectivity index (χ4v) is 3.38. The lowest BCUT2D eigenvalue weighted by atomic mass is 10.0. The summed E-state index contributed by atoms with van der Waals surface area (Å²) in [5.74, 6) is -0.871. The first-order valence-corrected chi connectivity index (χ1v) is 10.7. The number of benzene rings is 2. The van der Waals surface area contributed by atoms with Gasteiger partial charge in [0.1, 0.15) is 24.2 Å². The second-order valence-electron chi connectivity index (χ2n) is 6.81. The van der Waals surface area contributed by atoms with Crippen LogP contribution in [-0.2, 0) is 36.9 Å². The molecule has 0 spiro atoms. The first kappa shape index (κ1) is 22.7. The van der Waals surface area contributed by atoms with Gasteiger partial charge in [-0.1, -0.05) is 42.5 Å². The van der Waals surface area contributed by atoms with E-state index in [0.717, 1.165) is 11.1 Å². The van der Waals surface area contributed by atoms with E-state index in [1.807, 2.05) is 42.5 Å². The Morgan fingerprint density at radius 1 is 1.00 bits per heavy atom. The molecule has 31 heavy (non-hydrogen) atoms. The molecule has 0 amide bonds. The molecule has 1 heterocycles. The van der Waals surface area contributed by atoms with Crippen LogP contribution in [0, 0.1) is 0 Å². The average Bonchev–Trinajstić information content (AvgIpc) is 2.71. The van der Waals surface area contributed by atoms with E-state index in [-0.39, 0.29) is 12.8 Å². The number of carbonyl (C=O) groups excluding carboxylic acids is 1. The number of esters is 1. The minimum absolute atomic E-state index is 0.265. The molecule has 6 nitrogen and oxygen atoms in total. The molecule has 0 bridgehead atoms. The molecule has 2 aromatic rings. The first-order valence-electron chi connectivity index (χ1n) is 9.30. The molecule has 3 rings (SSSR count). The van der Waals surface area contributed by atoms with Crippen LogP contribution >= 0.6 is 0 Å². The molecule has 2 aromatic carbocycles. The Bertz CT molecular complexity index is 1030. The highest BCUT2D eigenvalue weighted by atomic mass is 32.2. The molecule has 0 fully saturated rings. The fourth-order valence-electron chi connectivity index (χ4n) is 2.88. The number of halogens is 3. The smallest absolute Gasteiger partial charge is 0.489 e. The Kier molecular flexibility index (Phi) is 6.89. The molecule has 0 radical (unpaired) electrons. The molecule has 1 aliphatic heterocycles. The van der Waals surface area contributed by atoms with Gasteiger partial charge in [-0.05, 0) is 36.1 Å². The molecule has 1 atom stereocenters. The second kappa shape index (κ2) is 9.42. The highest BCUT2D eigenvalue weighted by Gasteiger charge is 2.49. The summed E-state index contributed by atoms with van der Waals surface area (Å²) in [5, 5.41) is 0. The van der Waals surface area contributed by atoms with Gasteiger partial charge in [-0.15, -0.1) is 0 Å². The van der Waals surface area contributed by atoms with Crippen molar-refractivity contribution in [2.24, 2.45) is 0 Å². The zero-order valence-corrected chi connectivity index (χ0v) is 17.0. The topological polar surface area (TPSA) is 78.9 Å². The molecular formula is C21H19F3O6S. The van der Waals surface area contributed by atoms with Crippen LogP contribution in [0.15, 0.2) is 66.4 Å². The van der Waals surface area contributed by atoms with Gasteiger partial charge in [-0.3, -0.25) is 0 Å². The molecule has 0 unspecified atom stereocenters. The summed E-state index contributed by atoms with van der Waals surface area (Å²) in [6.07, 6.45) is 0.279. The van der Waals surface area contributed by atoms with Gasteiger partial charge in [0.05, 0.1) is 6.08 Å². The zero-order valence-electron chi connectivity index (χ0n) is 16.2. The van der Waals surface area contributed by atoms with Gasteiger partial charge < -0.3 is 13.7 Å². The molecule has 166 valence electrons. The third-order valence-electron chi connectivity index (χ3n) is 4.42. The number of cyclic esters (lactones) is 1. The van der Waals surface area contributed by atoms with E-state index >= 15 is 0 Å². The molecule has 0 saturated carbocycles. The van der Waals surface area contributed by atoms with Crippen LogP contribution in [0.2, 0.25) is 0 Å². The summed E-state index contributed by atoms with van der Waals surface area (Å²) in [5.41, 5.74) is -3.65. The Hall–Kier alpha value is -3.01. The largest absolute Gasteiger partial charge is 0.534 e. The van der Waals surface area contributed by atoms with Crippen molar-refractivity contribution in [3.8, 4) is 5.75 Å². The minimum Gasteiger partial charge on any atom is -0.489 e. The summed E-state index contributed by atoms with van der Waals surface area (Å²) in [6, 6.07) is 16.9. The maximum absolute atomic E-state index is 12.5. The van der Waals surface area contributed by atoms with Crippen molar-refractivity contribution >= 4 is 16.1 Å². The van der Waals surface area contributed by atoms with E-state index in [9.17, 15) is 26.4 Å². The van der Waals surface area contributed by atoms with Crippen molar-refractivity contribution in [1.29, 1.82) is 0 Å². The summed E-state index contributed by atoms with van der Waals surface area (Å²) in [6.45, 7) is 0.425. The van der Waals surface area contributed by atoms with Crippen molar-refractivity contribution < 1.29 is 40.0 Å². The van der Waals surface area contributed by atoms with Crippen LogP contribution < -0.4 is 4.74 Å². The standard InChI is InChI=1S/C21H19F3O6S/c22-21(23,24)31(26,27)30-19-12-18(29-20(25)13-19)11-8-15-6-9-17(10-7-15)28-14-16-4-2-1-3-5-16/h1-7,9-10,13,18H,8,11-12,14H2/t18-/m0/s1. The Labute approximate surface area is 177 Å². The van der Waals surface area contributed by atoms with Crippen molar-refractivity contribution in [1.82, 2.24) is 0 Å². The van der Waals surface area contributed by atoms with Gasteiger partial charge in [0, 0.05) is 6.42 Å². The third-order valence-corrected chi connectivity index (χ3v) is 5.42. The van der Waals surface area contributed by atoms with E-state index in [2.05, 4.69) is 4.18 Å². The van der Waals surface area contributed by atoms with Crippen LogP contribution in [0.25, 0.3) is 0 Å². The highest BCUT2D eigenvalue weighted by Crippen LogP contribution is 2.30. The lowest BCUT2D eigenvalue weighted by Crippen LogP contribution is -2.29. The summed E-state index contributed by atoms with van der Waals surface area (Å²) < 4.78 is 74.5. The van der Waals surface area contributed by atoms with Crippen molar-refractivity contribution in [3.05, 3.63) is 77.6 Å². The van der Waals surface area contributed by atoms with E-state index in [1.54, 1.807) is 12.1 Å². The van der Waals surface area contributed by atoms with Crippen molar-refractivity contribution in [2.75, 3.05) is 0 Å². The summed E-state index contributed by atoms with van der Waals surface area (Å²) in [4.78, 5) is 11.6. The predicted molar refractivity (Wildman–Crippen MR) is 104 cm³/mol. The molecular weight excluding hydrogens is 437 g/mol. The Balaban J connectivity index is 1.51. The van der Waals surface area contributed by atoms with Gasteiger partial charge in [0.25, 0.3) is 0 Å². The van der Waals surface area contributed by atoms with E-state index in [4.69, 9.17) is 9.47 Å². The number of hydrogen-bond donors (Lipinski definition) is 0. The van der Waals surface area contributed by atoms with Crippen molar-refractivity contribution in [3.63, 3.8) is 0 Å². The fraction of sp³-hybridized carbons (Fsp3) is 0.286. The van der Waals surface area contributed by atoms with Crippen LogP contribution in [0.5, 0.6) is 5.75 Å². The molecule has 0 aromatic heterocycles. The zero-order chi connectivity index (χ0) is 22.5. The average molecular weight is 456 g/mol. The van der Waals surface area contributed by atoms with Crippen LogP contribution in [0.4, 0.5) is 13.2 Å². The van der Waals surface area contributed by atoms with Crippen LogP contribution in [0.3, 0.4) is 0 Å². The summed E-state index contributed by atoms with van der Waals surface area (Å²) in [7, 11) is -5.83. The summed E-state index contributed by atoms with van der Waals surface area (Å²) >= 11 is 0. The van der Waals surface area contributed by atoms with E-state index in [1.165, 1.54) is 0 Å². The molecule has 0 aliphatic carbocycles. The van der Waals surface area contributed by atoms with Gasteiger partial charge >= 0.3 is 21.6 Å². The molecule has 0 saturated heterocycles. The van der Waals surface area contributed by atoms with E-state index < -0.39 is 33.5 Å². The maximum Gasteiger partial charge on any atom is 0.534 e. The monoisotopic (exact) mass is 456 g/mol. The lowest BCUT2D eigenvalue weighted by Gasteiger charge is -2.23. The second-order valence-corrected chi connectivity index (χ2v) is 8.35.